The van der Waals surface area contributed by atoms with E-state index in [2.05, 4.69) is 10.6 Å². The molecule has 1 fully saturated rings. The number of nitrogens with one attached hydrogen (secondary N) is 2. The van der Waals surface area contributed by atoms with E-state index in [4.69, 9.17) is 4.74 Å². The Labute approximate surface area is 163 Å². The third-order valence-electron chi connectivity index (χ3n) is 4.29. The maximum Gasteiger partial charge on any atom is 0.308 e. The van der Waals surface area contributed by atoms with Crippen LogP contribution in [0.3, 0.4) is 0 Å². The van der Waals surface area contributed by atoms with Gasteiger partial charge < -0.3 is 20.3 Å². The van der Waals surface area contributed by atoms with E-state index >= 15 is 0 Å². The Bertz CT molecular complexity index is 803. The van der Waals surface area contributed by atoms with Crippen molar-refractivity contribution in [2.75, 3.05) is 19.7 Å². The number of carbonyl (C=O) groups is 4. The van der Waals surface area contributed by atoms with Gasteiger partial charge in [-0.05, 0) is 31.1 Å². The molecule has 2 N–H and O–H groups in total. The van der Waals surface area contributed by atoms with Gasteiger partial charge in [0, 0.05) is 20.0 Å². The molecule has 8 nitrogen and oxygen atoms in total. The lowest BCUT2D eigenvalue weighted by molar-refractivity contribution is -0.150. The van der Waals surface area contributed by atoms with E-state index in [9.17, 15) is 19.2 Å². The first-order chi connectivity index (χ1) is 13.3. The molecule has 1 heterocycles. The maximum absolute atomic E-state index is 13.2. The number of piperazine rings is 1. The molecule has 1 atom stereocenters. The second kappa shape index (κ2) is 9.68. The molecule has 0 radical (unpaired) electrons. The van der Waals surface area contributed by atoms with E-state index < -0.39 is 29.7 Å². The molecule has 1 aliphatic rings. The summed E-state index contributed by atoms with van der Waals surface area (Å²) < 4.78 is 4.92. The third kappa shape index (κ3) is 5.42. The van der Waals surface area contributed by atoms with Gasteiger partial charge in [-0.2, -0.15) is 0 Å². The van der Waals surface area contributed by atoms with E-state index in [1.54, 1.807) is 13.0 Å². The molecule has 0 saturated carbocycles. The van der Waals surface area contributed by atoms with Crippen LogP contribution in [0.4, 0.5) is 0 Å². The van der Waals surface area contributed by atoms with Crippen LogP contribution in [-0.2, 0) is 23.9 Å². The van der Waals surface area contributed by atoms with Gasteiger partial charge in [0.05, 0.1) is 13.0 Å². The first kappa shape index (κ1) is 21.1. The molecule has 8 heteroatoms. The van der Waals surface area contributed by atoms with Crippen molar-refractivity contribution in [3.8, 4) is 0 Å². The Kier molecular flexibility index (Phi) is 7.31. The highest BCUT2D eigenvalue weighted by atomic mass is 16.5. The lowest BCUT2D eigenvalue weighted by Gasteiger charge is -2.35. The van der Waals surface area contributed by atoms with Crippen LogP contribution in [0.2, 0.25) is 0 Å². The van der Waals surface area contributed by atoms with Gasteiger partial charge in [0.15, 0.2) is 0 Å². The van der Waals surface area contributed by atoms with Crippen LogP contribution in [0.1, 0.15) is 31.4 Å². The van der Waals surface area contributed by atoms with Crippen molar-refractivity contribution in [1.82, 2.24) is 15.5 Å². The van der Waals surface area contributed by atoms with E-state index in [0.29, 0.717) is 0 Å². The Morgan fingerprint density at radius 2 is 2.04 bits per heavy atom. The van der Waals surface area contributed by atoms with Crippen LogP contribution in [0.15, 0.2) is 30.0 Å². The number of hydrogen-bond acceptors (Lipinski definition) is 5. The number of benzene rings is 1. The van der Waals surface area contributed by atoms with Crippen LogP contribution in [0, 0.1) is 6.92 Å². The first-order valence-electron chi connectivity index (χ1n) is 9.12. The molecule has 1 aromatic carbocycles. The standard InChI is InChI=1S/C20H25N3O5/c1-4-28-18(25)12-17-19(26)21-9-10-23(17)20(27)16(22-14(3)24)11-15-8-6-5-7-13(15)2/h5-8,11,17H,4,9-10,12H2,1-3H3,(H,21,26)(H,22,24)/b16-11-. The van der Waals surface area contributed by atoms with Gasteiger partial charge in [-0.15, -0.1) is 0 Å². The minimum absolute atomic E-state index is 0.0466. The maximum atomic E-state index is 13.2. The molecule has 28 heavy (non-hydrogen) atoms. The Morgan fingerprint density at radius 1 is 1.32 bits per heavy atom. The number of carbonyl (C=O) groups excluding carboxylic acids is 4. The van der Waals surface area contributed by atoms with Crippen LogP contribution in [0.5, 0.6) is 0 Å². The fourth-order valence-corrected chi connectivity index (χ4v) is 2.94. The van der Waals surface area contributed by atoms with E-state index in [-0.39, 0.29) is 31.8 Å². The summed E-state index contributed by atoms with van der Waals surface area (Å²) in [5.41, 5.74) is 1.74. The van der Waals surface area contributed by atoms with Gasteiger partial charge in [0.2, 0.25) is 11.8 Å². The predicted molar refractivity (Wildman–Crippen MR) is 103 cm³/mol. The molecule has 0 bridgehead atoms. The van der Waals surface area contributed by atoms with Crippen LogP contribution < -0.4 is 10.6 Å². The summed E-state index contributed by atoms with van der Waals surface area (Å²) in [6, 6.07) is 6.42. The summed E-state index contributed by atoms with van der Waals surface area (Å²) in [4.78, 5) is 50.3. The molecule has 1 unspecified atom stereocenters. The van der Waals surface area contributed by atoms with Gasteiger partial charge in [-0.1, -0.05) is 24.3 Å². The van der Waals surface area contributed by atoms with E-state index in [0.717, 1.165) is 11.1 Å². The summed E-state index contributed by atoms with van der Waals surface area (Å²) in [6.07, 6.45) is 1.33. The highest BCUT2D eigenvalue weighted by Crippen LogP contribution is 2.17. The van der Waals surface area contributed by atoms with Crippen LogP contribution in [0.25, 0.3) is 6.08 Å². The van der Waals surface area contributed by atoms with Crippen molar-refractivity contribution in [3.63, 3.8) is 0 Å². The lowest BCUT2D eigenvalue weighted by atomic mass is 10.1. The lowest BCUT2D eigenvalue weighted by Crippen LogP contribution is -2.58. The molecule has 150 valence electrons. The average molecular weight is 387 g/mol. The van der Waals surface area contributed by atoms with Crippen molar-refractivity contribution in [3.05, 3.63) is 41.1 Å². The fraction of sp³-hybridized carbons (Fsp3) is 0.400. The largest absolute Gasteiger partial charge is 0.466 e. The molecule has 0 aromatic heterocycles. The van der Waals surface area contributed by atoms with Gasteiger partial charge in [-0.3, -0.25) is 19.2 Å². The zero-order valence-electron chi connectivity index (χ0n) is 16.3. The van der Waals surface area contributed by atoms with Crippen molar-refractivity contribution in [1.29, 1.82) is 0 Å². The number of amides is 3. The molecule has 1 aromatic rings. The highest BCUT2D eigenvalue weighted by Gasteiger charge is 2.36. The minimum Gasteiger partial charge on any atom is -0.466 e. The summed E-state index contributed by atoms with van der Waals surface area (Å²) in [5, 5.41) is 5.21. The second-order valence-electron chi connectivity index (χ2n) is 6.41. The fourth-order valence-electron chi connectivity index (χ4n) is 2.94. The first-order valence-corrected chi connectivity index (χ1v) is 9.12. The van der Waals surface area contributed by atoms with Gasteiger partial charge in [0.25, 0.3) is 5.91 Å². The number of aryl methyl sites for hydroxylation is 1. The molecule has 0 spiro atoms. The van der Waals surface area contributed by atoms with Crippen molar-refractivity contribution in [2.24, 2.45) is 0 Å². The van der Waals surface area contributed by atoms with E-state index in [1.807, 2.05) is 31.2 Å². The monoisotopic (exact) mass is 387 g/mol. The number of ether oxygens (including phenoxy) is 1. The van der Waals surface area contributed by atoms with Gasteiger partial charge >= 0.3 is 5.97 Å². The summed E-state index contributed by atoms with van der Waals surface area (Å²) in [5.74, 6) is -1.92. The molecular weight excluding hydrogens is 362 g/mol. The normalized spacial score (nSPS) is 17.0. The molecule has 2 rings (SSSR count). The minimum atomic E-state index is -0.991. The molecular formula is C20H25N3O5. The molecule has 0 aliphatic carbocycles. The predicted octanol–water partition coefficient (Wildman–Crippen LogP) is 0.752. The third-order valence-corrected chi connectivity index (χ3v) is 4.29. The summed E-state index contributed by atoms with van der Waals surface area (Å²) in [6.45, 7) is 5.53. The molecule has 3 amide bonds. The SMILES string of the molecule is CCOC(=O)CC1C(=O)NCCN1C(=O)/C(=C/c1ccccc1C)NC(C)=O. The van der Waals surface area contributed by atoms with Gasteiger partial charge in [-0.25, -0.2) is 0 Å². The zero-order chi connectivity index (χ0) is 20.7. The van der Waals surface area contributed by atoms with Crippen molar-refractivity contribution >= 4 is 29.8 Å². The van der Waals surface area contributed by atoms with Crippen LogP contribution >= 0.6 is 0 Å². The summed E-state index contributed by atoms with van der Waals surface area (Å²) >= 11 is 0. The Hall–Kier alpha value is -3.16. The summed E-state index contributed by atoms with van der Waals surface area (Å²) in [7, 11) is 0. The quantitative estimate of drug-likeness (QED) is 0.554. The molecule has 1 aliphatic heterocycles. The van der Waals surface area contributed by atoms with Crippen molar-refractivity contribution in [2.45, 2.75) is 33.2 Å². The Balaban J connectivity index is 2.35. The van der Waals surface area contributed by atoms with Gasteiger partial charge in [0.1, 0.15) is 11.7 Å². The Morgan fingerprint density at radius 3 is 2.68 bits per heavy atom. The van der Waals surface area contributed by atoms with E-state index in [1.165, 1.54) is 11.8 Å². The van der Waals surface area contributed by atoms with Crippen molar-refractivity contribution < 1.29 is 23.9 Å². The number of esters is 1. The number of rotatable bonds is 6. The smallest absolute Gasteiger partial charge is 0.308 e. The highest BCUT2D eigenvalue weighted by molar-refractivity contribution is 6.03. The second-order valence-corrected chi connectivity index (χ2v) is 6.41. The average Bonchev–Trinajstić information content (AvgIpc) is 2.64. The topological polar surface area (TPSA) is 105 Å². The molecule has 1 saturated heterocycles. The number of nitrogens with zero attached hydrogens (tertiary/aromatic N) is 1. The number of hydrogen-bond donors (Lipinski definition) is 2. The zero-order valence-corrected chi connectivity index (χ0v) is 16.3. The van der Waals surface area contributed by atoms with Crippen LogP contribution in [-0.4, -0.2) is 54.3 Å².